The molecule has 2 heterocycles. The second-order valence-electron chi connectivity index (χ2n) is 4.85. The van der Waals surface area contributed by atoms with E-state index >= 15 is 0 Å². The van der Waals surface area contributed by atoms with Crippen LogP contribution in [0, 0.1) is 6.92 Å². The van der Waals surface area contributed by atoms with Crippen LogP contribution in [-0.4, -0.2) is 33.0 Å². The van der Waals surface area contributed by atoms with E-state index < -0.39 is 0 Å². The number of aromatic nitrogens is 3. The minimum Gasteiger partial charge on any atom is -0.337 e. The molecule has 0 saturated heterocycles. The van der Waals surface area contributed by atoms with Gasteiger partial charge in [-0.15, -0.1) is 0 Å². The van der Waals surface area contributed by atoms with E-state index in [2.05, 4.69) is 28.8 Å². The van der Waals surface area contributed by atoms with Crippen molar-refractivity contribution >= 4 is 0 Å². The Labute approximate surface area is 114 Å². The van der Waals surface area contributed by atoms with Crippen molar-refractivity contribution in [2.75, 3.05) is 13.6 Å². The summed E-state index contributed by atoms with van der Waals surface area (Å²) in [6.45, 7) is 3.42. The summed E-state index contributed by atoms with van der Waals surface area (Å²) in [6, 6.07) is 2.18. The van der Waals surface area contributed by atoms with E-state index in [1.54, 1.807) is 0 Å². The smallest absolute Gasteiger partial charge is 0.122 e. The van der Waals surface area contributed by atoms with Crippen molar-refractivity contribution in [2.24, 2.45) is 12.8 Å². The van der Waals surface area contributed by atoms with Crippen LogP contribution in [0.2, 0.25) is 0 Å². The molecular weight excluding hydrogens is 238 g/mol. The van der Waals surface area contributed by atoms with Crippen LogP contribution in [0.1, 0.15) is 23.0 Å². The Kier molecular flexibility index (Phi) is 4.29. The Morgan fingerprint density at radius 3 is 2.79 bits per heavy atom. The molecule has 5 heteroatoms. The largest absolute Gasteiger partial charge is 0.337 e. The fourth-order valence-corrected chi connectivity index (χ4v) is 2.25. The highest BCUT2D eigenvalue weighted by molar-refractivity contribution is 5.25. The summed E-state index contributed by atoms with van der Waals surface area (Å²) in [5, 5.41) is 0. The molecule has 0 aliphatic rings. The molecule has 2 N–H and O–H groups in total. The van der Waals surface area contributed by atoms with Crippen molar-refractivity contribution in [1.29, 1.82) is 0 Å². The molecule has 2 aromatic rings. The quantitative estimate of drug-likeness (QED) is 0.878. The number of aryl methyl sites for hydroxylation is 2. The number of pyridine rings is 1. The summed E-state index contributed by atoms with van der Waals surface area (Å²) < 4.78 is 2.03. The Morgan fingerprint density at radius 2 is 2.21 bits per heavy atom. The maximum Gasteiger partial charge on any atom is 0.122 e. The van der Waals surface area contributed by atoms with Crippen LogP contribution in [0.3, 0.4) is 0 Å². The summed E-state index contributed by atoms with van der Waals surface area (Å²) in [6.07, 6.45) is 7.48. The zero-order chi connectivity index (χ0) is 13.8. The second-order valence-corrected chi connectivity index (χ2v) is 4.85. The molecule has 0 fully saturated rings. The van der Waals surface area contributed by atoms with E-state index in [0.29, 0.717) is 6.54 Å². The monoisotopic (exact) mass is 259 g/mol. The molecule has 0 radical (unpaired) electrons. The Balaban J connectivity index is 2.18. The fourth-order valence-electron chi connectivity index (χ4n) is 2.25. The standard InChI is InChI=1S/C14H21N5/c1-11-4-5-16-9-12(11)13(8-15)19(3)10-14-17-6-7-18(14)2/h4-7,9,13H,8,10,15H2,1-3H3. The summed E-state index contributed by atoms with van der Waals surface area (Å²) >= 11 is 0. The molecule has 0 aliphatic carbocycles. The van der Waals surface area contributed by atoms with Gasteiger partial charge in [0.05, 0.1) is 6.54 Å². The van der Waals surface area contributed by atoms with Gasteiger partial charge in [-0.05, 0) is 31.2 Å². The summed E-state index contributed by atoms with van der Waals surface area (Å²) in [4.78, 5) is 10.8. The maximum absolute atomic E-state index is 5.94. The number of hydrogen-bond donors (Lipinski definition) is 1. The van der Waals surface area contributed by atoms with E-state index in [4.69, 9.17) is 5.73 Å². The average Bonchev–Trinajstić information content (AvgIpc) is 2.78. The molecule has 0 bridgehead atoms. The number of rotatable bonds is 5. The van der Waals surface area contributed by atoms with Gasteiger partial charge in [0.25, 0.3) is 0 Å². The van der Waals surface area contributed by atoms with Gasteiger partial charge in [-0.3, -0.25) is 9.88 Å². The zero-order valence-electron chi connectivity index (χ0n) is 11.7. The topological polar surface area (TPSA) is 60.0 Å². The normalized spacial score (nSPS) is 12.9. The predicted molar refractivity (Wildman–Crippen MR) is 75.4 cm³/mol. The molecule has 1 atom stereocenters. The Bertz CT molecular complexity index is 534. The SMILES string of the molecule is Cc1ccncc1C(CN)N(C)Cc1nccn1C. The molecule has 0 aromatic carbocycles. The van der Waals surface area contributed by atoms with Crippen molar-refractivity contribution in [3.05, 3.63) is 47.8 Å². The summed E-state index contributed by atoms with van der Waals surface area (Å²) in [5.74, 6) is 1.03. The predicted octanol–water partition coefficient (Wildman–Crippen LogP) is 1.26. The van der Waals surface area contributed by atoms with E-state index in [9.17, 15) is 0 Å². The van der Waals surface area contributed by atoms with Gasteiger partial charge in [0.15, 0.2) is 0 Å². The van der Waals surface area contributed by atoms with Crippen molar-refractivity contribution in [1.82, 2.24) is 19.4 Å². The van der Waals surface area contributed by atoms with Crippen LogP contribution in [0.15, 0.2) is 30.9 Å². The van der Waals surface area contributed by atoms with E-state index in [0.717, 1.165) is 12.4 Å². The van der Waals surface area contributed by atoms with Gasteiger partial charge in [0.2, 0.25) is 0 Å². The molecule has 0 saturated carbocycles. The third-order valence-corrected chi connectivity index (χ3v) is 3.51. The van der Waals surface area contributed by atoms with Gasteiger partial charge in [0.1, 0.15) is 5.82 Å². The zero-order valence-corrected chi connectivity index (χ0v) is 11.7. The highest BCUT2D eigenvalue weighted by Gasteiger charge is 2.18. The van der Waals surface area contributed by atoms with E-state index in [-0.39, 0.29) is 6.04 Å². The molecule has 0 aliphatic heterocycles. The molecule has 19 heavy (non-hydrogen) atoms. The van der Waals surface area contributed by atoms with Crippen LogP contribution in [0.4, 0.5) is 0 Å². The molecule has 5 nitrogen and oxygen atoms in total. The lowest BCUT2D eigenvalue weighted by Crippen LogP contribution is -2.31. The first-order valence-electron chi connectivity index (χ1n) is 6.40. The van der Waals surface area contributed by atoms with Crippen molar-refractivity contribution in [3.8, 4) is 0 Å². The molecule has 1 unspecified atom stereocenters. The number of imidazole rings is 1. The Morgan fingerprint density at radius 1 is 1.42 bits per heavy atom. The van der Waals surface area contributed by atoms with Crippen LogP contribution >= 0.6 is 0 Å². The van der Waals surface area contributed by atoms with Gasteiger partial charge >= 0.3 is 0 Å². The number of nitrogens with zero attached hydrogens (tertiary/aromatic N) is 4. The lowest BCUT2D eigenvalue weighted by Gasteiger charge is -2.27. The van der Waals surface area contributed by atoms with Gasteiger partial charge in [-0.2, -0.15) is 0 Å². The maximum atomic E-state index is 5.94. The van der Waals surface area contributed by atoms with Crippen LogP contribution in [-0.2, 0) is 13.6 Å². The summed E-state index contributed by atoms with van der Waals surface area (Å²) in [5.41, 5.74) is 8.35. The van der Waals surface area contributed by atoms with Gasteiger partial charge in [0, 0.05) is 44.4 Å². The molecule has 2 aromatic heterocycles. The highest BCUT2D eigenvalue weighted by Crippen LogP contribution is 2.22. The van der Waals surface area contributed by atoms with Crippen molar-refractivity contribution in [3.63, 3.8) is 0 Å². The average molecular weight is 259 g/mol. The van der Waals surface area contributed by atoms with Crippen molar-refractivity contribution < 1.29 is 0 Å². The Hall–Kier alpha value is -1.72. The van der Waals surface area contributed by atoms with Gasteiger partial charge in [-0.1, -0.05) is 0 Å². The highest BCUT2D eigenvalue weighted by atomic mass is 15.2. The van der Waals surface area contributed by atoms with E-state index in [1.165, 1.54) is 11.1 Å². The minimum absolute atomic E-state index is 0.158. The third-order valence-electron chi connectivity index (χ3n) is 3.51. The third kappa shape index (κ3) is 3.00. The first-order valence-corrected chi connectivity index (χ1v) is 6.40. The molecule has 0 amide bonds. The van der Waals surface area contributed by atoms with Gasteiger partial charge in [-0.25, -0.2) is 4.98 Å². The molecule has 2 rings (SSSR count). The molecular formula is C14H21N5. The number of hydrogen-bond acceptors (Lipinski definition) is 4. The van der Waals surface area contributed by atoms with Crippen molar-refractivity contribution in [2.45, 2.75) is 19.5 Å². The van der Waals surface area contributed by atoms with Gasteiger partial charge < -0.3 is 10.3 Å². The fraction of sp³-hybridized carbons (Fsp3) is 0.429. The first-order chi connectivity index (χ1) is 9.13. The number of likely N-dealkylation sites (N-methyl/N-ethyl adjacent to an activating group) is 1. The first kappa shape index (κ1) is 13.7. The lowest BCUT2D eigenvalue weighted by molar-refractivity contribution is 0.232. The van der Waals surface area contributed by atoms with E-state index in [1.807, 2.05) is 42.5 Å². The van der Waals surface area contributed by atoms with Crippen LogP contribution in [0.25, 0.3) is 0 Å². The second kappa shape index (κ2) is 5.95. The number of nitrogens with two attached hydrogens (primary N) is 1. The van der Waals surface area contributed by atoms with Crippen LogP contribution < -0.4 is 5.73 Å². The lowest BCUT2D eigenvalue weighted by atomic mass is 10.0. The summed E-state index contributed by atoms with van der Waals surface area (Å²) in [7, 11) is 4.07. The van der Waals surface area contributed by atoms with Crippen LogP contribution in [0.5, 0.6) is 0 Å². The minimum atomic E-state index is 0.158. The molecule has 0 spiro atoms. The molecule has 102 valence electrons.